The zero-order valence-corrected chi connectivity index (χ0v) is 9.77. The van der Waals surface area contributed by atoms with Crippen LogP contribution in [0.4, 0.5) is 5.69 Å². The van der Waals surface area contributed by atoms with Crippen LogP contribution in [-0.4, -0.2) is 30.6 Å². The van der Waals surface area contributed by atoms with Crippen molar-refractivity contribution in [2.75, 3.05) is 18.0 Å². The van der Waals surface area contributed by atoms with Gasteiger partial charge in [-0.25, -0.2) is 0 Å². The zero-order chi connectivity index (χ0) is 10.8. The zero-order valence-electron chi connectivity index (χ0n) is 8.19. The van der Waals surface area contributed by atoms with Crippen LogP contribution in [0.2, 0.25) is 0 Å². The molecule has 1 aromatic rings. The Labute approximate surface area is 96.8 Å². The highest BCUT2D eigenvalue weighted by molar-refractivity contribution is 9.10. The molecule has 0 aromatic heterocycles. The molecule has 1 N–H and O–H groups in total. The van der Waals surface area contributed by atoms with Gasteiger partial charge in [-0.05, 0) is 24.6 Å². The van der Waals surface area contributed by atoms with Gasteiger partial charge in [0.15, 0.2) is 6.29 Å². The molecule has 1 heterocycles. The van der Waals surface area contributed by atoms with Crippen LogP contribution in [0.3, 0.4) is 0 Å². The van der Waals surface area contributed by atoms with Gasteiger partial charge < -0.3 is 10.0 Å². The predicted molar refractivity (Wildman–Crippen MR) is 62.4 cm³/mol. The van der Waals surface area contributed by atoms with Gasteiger partial charge in [0.2, 0.25) is 0 Å². The van der Waals surface area contributed by atoms with Crippen LogP contribution in [-0.2, 0) is 0 Å². The summed E-state index contributed by atoms with van der Waals surface area (Å²) in [6.07, 6.45) is 1.35. The van der Waals surface area contributed by atoms with E-state index in [1.807, 2.05) is 17.0 Å². The predicted octanol–water partition coefficient (Wildman–Crippen LogP) is 1.83. The maximum Gasteiger partial charge on any atom is 0.152 e. The number of rotatable bonds is 2. The summed E-state index contributed by atoms with van der Waals surface area (Å²) in [5.74, 6) is 0. The van der Waals surface area contributed by atoms with Crippen molar-refractivity contribution >= 4 is 27.9 Å². The second kappa shape index (κ2) is 4.33. The largest absolute Gasteiger partial charge is 0.391 e. The Balaban J connectivity index is 2.31. The summed E-state index contributed by atoms with van der Waals surface area (Å²) in [6, 6.07) is 5.62. The minimum absolute atomic E-state index is 0.270. The normalized spacial score (nSPS) is 20.7. The summed E-state index contributed by atoms with van der Waals surface area (Å²) in [6.45, 7) is 1.42. The number of hydrogen-bond acceptors (Lipinski definition) is 3. The molecule has 0 bridgehead atoms. The van der Waals surface area contributed by atoms with E-state index in [4.69, 9.17) is 0 Å². The SMILES string of the molecule is O=Cc1cc(Br)ccc1N1CCC(O)C1. The van der Waals surface area contributed by atoms with Crippen LogP contribution in [0.15, 0.2) is 22.7 Å². The minimum atomic E-state index is -0.270. The lowest BCUT2D eigenvalue weighted by Crippen LogP contribution is -2.22. The van der Waals surface area contributed by atoms with Crippen molar-refractivity contribution in [1.29, 1.82) is 0 Å². The first kappa shape index (κ1) is 10.6. The molecule has 4 heteroatoms. The molecule has 2 rings (SSSR count). The Morgan fingerprint density at radius 1 is 1.53 bits per heavy atom. The van der Waals surface area contributed by atoms with Gasteiger partial charge in [-0.3, -0.25) is 4.79 Å². The number of β-amino-alcohol motifs (C(OH)–C–C–N with tert-alkyl or cyclic N) is 1. The standard InChI is InChI=1S/C11H12BrNO2/c12-9-1-2-11(8(5-9)7-14)13-4-3-10(15)6-13/h1-2,5,7,10,15H,3-4,6H2. The molecule has 3 nitrogen and oxygen atoms in total. The van der Waals surface area contributed by atoms with E-state index < -0.39 is 0 Å². The monoisotopic (exact) mass is 269 g/mol. The Kier molecular flexibility index (Phi) is 3.07. The van der Waals surface area contributed by atoms with Crippen molar-refractivity contribution in [3.8, 4) is 0 Å². The molecule has 15 heavy (non-hydrogen) atoms. The quantitative estimate of drug-likeness (QED) is 0.833. The average Bonchev–Trinajstić information content (AvgIpc) is 2.64. The Morgan fingerprint density at radius 2 is 2.33 bits per heavy atom. The number of aliphatic hydroxyl groups excluding tert-OH is 1. The van der Waals surface area contributed by atoms with Gasteiger partial charge in [0, 0.05) is 28.8 Å². The van der Waals surface area contributed by atoms with Crippen LogP contribution in [0, 0.1) is 0 Å². The number of benzene rings is 1. The lowest BCUT2D eigenvalue weighted by Gasteiger charge is -2.19. The van der Waals surface area contributed by atoms with Gasteiger partial charge in [-0.1, -0.05) is 15.9 Å². The molecule has 0 radical (unpaired) electrons. The molecule has 1 fully saturated rings. The van der Waals surface area contributed by atoms with Gasteiger partial charge in [-0.15, -0.1) is 0 Å². The highest BCUT2D eigenvalue weighted by atomic mass is 79.9. The summed E-state index contributed by atoms with van der Waals surface area (Å²) >= 11 is 3.33. The first-order chi connectivity index (χ1) is 7.20. The molecule has 0 saturated carbocycles. The van der Waals surface area contributed by atoms with Crippen LogP contribution in [0.1, 0.15) is 16.8 Å². The maximum absolute atomic E-state index is 10.9. The number of hydrogen-bond donors (Lipinski definition) is 1. The Bertz CT molecular complexity index is 381. The fourth-order valence-corrected chi connectivity index (χ4v) is 2.25. The highest BCUT2D eigenvalue weighted by Gasteiger charge is 2.22. The van der Waals surface area contributed by atoms with Crippen molar-refractivity contribution in [2.24, 2.45) is 0 Å². The van der Waals surface area contributed by atoms with Crippen LogP contribution in [0.25, 0.3) is 0 Å². The molecule has 0 amide bonds. The summed E-state index contributed by atoms with van der Waals surface area (Å²) in [5, 5.41) is 9.44. The molecular formula is C11H12BrNO2. The van der Waals surface area contributed by atoms with Gasteiger partial charge in [0.25, 0.3) is 0 Å². The van der Waals surface area contributed by atoms with E-state index >= 15 is 0 Å². The smallest absolute Gasteiger partial charge is 0.152 e. The third-order valence-electron chi connectivity index (χ3n) is 2.62. The summed E-state index contributed by atoms with van der Waals surface area (Å²) < 4.78 is 0.896. The van der Waals surface area contributed by atoms with Crippen LogP contribution in [0.5, 0.6) is 0 Å². The van der Waals surface area contributed by atoms with Crippen molar-refractivity contribution in [3.63, 3.8) is 0 Å². The van der Waals surface area contributed by atoms with E-state index in [0.29, 0.717) is 12.1 Å². The lowest BCUT2D eigenvalue weighted by atomic mass is 10.2. The number of aldehydes is 1. The molecule has 1 saturated heterocycles. The van der Waals surface area contributed by atoms with Gasteiger partial charge in [0.1, 0.15) is 0 Å². The van der Waals surface area contributed by atoms with E-state index in [0.717, 1.165) is 29.4 Å². The number of halogens is 1. The molecular weight excluding hydrogens is 258 g/mol. The summed E-state index contributed by atoms with van der Waals surface area (Å²) in [7, 11) is 0. The Hall–Kier alpha value is -0.870. The van der Waals surface area contributed by atoms with Crippen molar-refractivity contribution in [1.82, 2.24) is 0 Å². The lowest BCUT2D eigenvalue weighted by molar-refractivity contribution is 0.112. The number of carbonyl (C=O) groups is 1. The second-order valence-electron chi connectivity index (χ2n) is 3.71. The van der Waals surface area contributed by atoms with E-state index in [-0.39, 0.29) is 6.10 Å². The van der Waals surface area contributed by atoms with E-state index in [9.17, 15) is 9.90 Å². The van der Waals surface area contributed by atoms with E-state index in [1.165, 1.54) is 0 Å². The van der Waals surface area contributed by atoms with Crippen molar-refractivity contribution < 1.29 is 9.90 Å². The molecule has 0 aliphatic carbocycles. The van der Waals surface area contributed by atoms with Crippen LogP contribution >= 0.6 is 15.9 Å². The van der Waals surface area contributed by atoms with Crippen LogP contribution < -0.4 is 4.90 Å². The van der Waals surface area contributed by atoms with Crippen molar-refractivity contribution in [2.45, 2.75) is 12.5 Å². The van der Waals surface area contributed by atoms with Gasteiger partial charge in [-0.2, -0.15) is 0 Å². The highest BCUT2D eigenvalue weighted by Crippen LogP contribution is 2.26. The molecule has 1 aromatic carbocycles. The number of anilines is 1. The van der Waals surface area contributed by atoms with E-state index in [1.54, 1.807) is 6.07 Å². The third-order valence-corrected chi connectivity index (χ3v) is 3.11. The Morgan fingerprint density at radius 3 is 2.93 bits per heavy atom. The number of carbonyl (C=O) groups excluding carboxylic acids is 1. The number of aliphatic hydroxyl groups is 1. The molecule has 1 unspecified atom stereocenters. The number of nitrogens with zero attached hydrogens (tertiary/aromatic N) is 1. The maximum atomic E-state index is 10.9. The van der Waals surface area contributed by atoms with Crippen molar-refractivity contribution in [3.05, 3.63) is 28.2 Å². The fraction of sp³-hybridized carbons (Fsp3) is 0.364. The molecule has 1 aliphatic rings. The second-order valence-corrected chi connectivity index (χ2v) is 4.63. The minimum Gasteiger partial charge on any atom is -0.391 e. The topological polar surface area (TPSA) is 40.5 Å². The molecule has 1 atom stereocenters. The molecule has 1 aliphatic heterocycles. The molecule has 0 spiro atoms. The van der Waals surface area contributed by atoms with Gasteiger partial charge in [0.05, 0.1) is 6.10 Å². The fourth-order valence-electron chi connectivity index (χ4n) is 1.87. The van der Waals surface area contributed by atoms with E-state index in [2.05, 4.69) is 15.9 Å². The summed E-state index contributed by atoms with van der Waals surface area (Å²) in [5.41, 5.74) is 1.57. The third kappa shape index (κ3) is 2.21. The average molecular weight is 270 g/mol. The molecule has 80 valence electrons. The first-order valence-electron chi connectivity index (χ1n) is 4.88. The summed E-state index contributed by atoms with van der Waals surface area (Å²) in [4.78, 5) is 13.0. The first-order valence-corrected chi connectivity index (χ1v) is 5.68. The van der Waals surface area contributed by atoms with Gasteiger partial charge >= 0.3 is 0 Å².